The Morgan fingerprint density at radius 2 is 0.769 bits per heavy atom. The maximum absolute atomic E-state index is 6.96. The van der Waals surface area contributed by atoms with Gasteiger partial charge in [-0.1, -0.05) is 194 Å². The molecule has 13 rings (SSSR count). The minimum Gasteiger partial charge on any atom is -0.455 e. The molecule has 302 valence electrons. The molecule has 4 nitrogen and oxygen atoms in total. The van der Waals surface area contributed by atoms with Gasteiger partial charge in [-0.3, -0.25) is 0 Å². The fraction of sp³-hybridized carbons (Fsp3) is 0. The highest BCUT2D eigenvalue weighted by molar-refractivity contribution is 6.21. The van der Waals surface area contributed by atoms with Gasteiger partial charge >= 0.3 is 0 Å². The highest BCUT2D eigenvalue weighted by Crippen LogP contribution is 2.46. The fourth-order valence-corrected chi connectivity index (χ4v) is 9.71. The van der Waals surface area contributed by atoms with E-state index in [4.69, 9.17) is 19.4 Å². The topological polar surface area (TPSA) is 51.8 Å². The molecule has 0 aliphatic carbocycles. The lowest BCUT2D eigenvalue weighted by molar-refractivity contribution is 0.670. The van der Waals surface area contributed by atoms with E-state index in [1.165, 1.54) is 32.7 Å². The number of furan rings is 1. The first-order chi connectivity index (χ1) is 32.2. The number of rotatable bonds is 6. The van der Waals surface area contributed by atoms with Crippen molar-refractivity contribution in [3.05, 3.63) is 224 Å². The van der Waals surface area contributed by atoms with Gasteiger partial charge in [-0.25, -0.2) is 15.0 Å². The van der Waals surface area contributed by atoms with Crippen molar-refractivity contribution in [2.24, 2.45) is 0 Å². The maximum atomic E-state index is 6.96. The van der Waals surface area contributed by atoms with E-state index in [0.29, 0.717) is 17.5 Å². The first-order valence-corrected chi connectivity index (χ1v) is 22.0. The van der Waals surface area contributed by atoms with Gasteiger partial charge in [0.05, 0.1) is 0 Å². The minimum absolute atomic E-state index is 0.620. The Hall–Kier alpha value is -8.73. The van der Waals surface area contributed by atoms with Gasteiger partial charge in [-0.15, -0.1) is 0 Å². The number of hydrogen-bond donors (Lipinski definition) is 0. The molecule has 0 radical (unpaired) electrons. The summed E-state index contributed by atoms with van der Waals surface area (Å²) in [6.07, 6.45) is 0. The molecule has 0 bridgehead atoms. The summed E-state index contributed by atoms with van der Waals surface area (Å²) in [7, 11) is 0. The summed E-state index contributed by atoms with van der Waals surface area (Å²) < 4.78 is 6.96. The molecule has 4 heteroatoms. The van der Waals surface area contributed by atoms with Crippen molar-refractivity contribution >= 4 is 65.0 Å². The minimum atomic E-state index is 0.620. The van der Waals surface area contributed by atoms with Crippen LogP contribution in [0, 0.1) is 0 Å². The van der Waals surface area contributed by atoms with Gasteiger partial charge in [0.2, 0.25) is 0 Å². The number of benzene rings is 11. The molecule has 0 amide bonds. The third-order valence-electron chi connectivity index (χ3n) is 12.9. The number of hydrogen-bond acceptors (Lipinski definition) is 4. The monoisotopic (exact) mass is 827 g/mol. The van der Waals surface area contributed by atoms with Gasteiger partial charge < -0.3 is 4.42 Å². The van der Waals surface area contributed by atoms with Crippen LogP contribution in [0.5, 0.6) is 0 Å². The van der Waals surface area contributed by atoms with E-state index in [9.17, 15) is 0 Å². The third-order valence-corrected chi connectivity index (χ3v) is 12.9. The molecule has 0 N–H and O–H groups in total. The van der Waals surface area contributed by atoms with E-state index < -0.39 is 0 Å². The van der Waals surface area contributed by atoms with Crippen LogP contribution >= 0.6 is 0 Å². The SMILES string of the molecule is c1ccc(-c2ccc(-c3ccc(-c4ccc(-c5nc(-c6ccccc6)nc(-c6ccc7c(ccc8ccccc87)c6)n5)c5ccccc45)c4c3oc3cc5ccccc5cc34)cc2)cc1. The molecular weight excluding hydrogens is 791 g/mol. The van der Waals surface area contributed by atoms with Crippen LogP contribution in [0.2, 0.25) is 0 Å². The Balaban J connectivity index is 0.999. The van der Waals surface area contributed by atoms with Crippen LogP contribution in [-0.4, -0.2) is 15.0 Å². The summed E-state index contributed by atoms with van der Waals surface area (Å²) in [5, 5.41) is 11.4. The van der Waals surface area contributed by atoms with E-state index in [1.54, 1.807) is 0 Å². The second-order valence-electron chi connectivity index (χ2n) is 16.7. The first-order valence-electron chi connectivity index (χ1n) is 22.0. The molecule has 0 saturated heterocycles. The van der Waals surface area contributed by atoms with Crippen LogP contribution in [0.4, 0.5) is 0 Å². The molecule has 0 saturated carbocycles. The third kappa shape index (κ3) is 6.26. The zero-order valence-electron chi connectivity index (χ0n) is 35.1. The van der Waals surface area contributed by atoms with E-state index in [2.05, 4.69) is 206 Å². The molecule has 0 aliphatic rings. The Labute approximate surface area is 374 Å². The van der Waals surface area contributed by atoms with E-state index >= 15 is 0 Å². The normalized spacial score (nSPS) is 11.7. The van der Waals surface area contributed by atoms with E-state index in [1.807, 2.05) is 18.2 Å². The molecule has 65 heavy (non-hydrogen) atoms. The standard InChI is InChI=1S/C61H37N3O/c1-3-13-38(14-4-1)39-23-25-41(26-24-39)49-31-33-53(57-55-36-43-18-7-8-19-44(43)37-56(55)65-58(49)57)52-32-34-54(51-22-12-11-21-50(51)52)61-63-59(42-16-5-2-6-17-42)62-60(64-61)46-29-30-48-45(35-46)28-27-40-15-9-10-20-47(40)48/h1-37H. The molecule has 0 fully saturated rings. The smallest absolute Gasteiger partial charge is 0.164 e. The number of fused-ring (bicyclic) bond motifs is 8. The zero-order chi connectivity index (χ0) is 42.8. The van der Waals surface area contributed by atoms with Gasteiger partial charge in [0.1, 0.15) is 11.2 Å². The van der Waals surface area contributed by atoms with Crippen molar-refractivity contribution in [2.75, 3.05) is 0 Å². The molecule has 2 aromatic heterocycles. The van der Waals surface area contributed by atoms with Gasteiger partial charge in [-0.05, 0) is 101 Å². The summed E-state index contributed by atoms with van der Waals surface area (Å²) in [6.45, 7) is 0. The van der Waals surface area contributed by atoms with Gasteiger partial charge in [0.15, 0.2) is 17.5 Å². The Morgan fingerprint density at radius 3 is 1.54 bits per heavy atom. The summed E-state index contributed by atoms with van der Waals surface area (Å²) in [6, 6.07) is 79.4. The molecule has 0 atom stereocenters. The average molecular weight is 828 g/mol. The molecule has 0 aliphatic heterocycles. The maximum Gasteiger partial charge on any atom is 0.164 e. The summed E-state index contributed by atoms with van der Waals surface area (Å²) >= 11 is 0. The molecule has 2 heterocycles. The fourth-order valence-electron chi connectivity index (χ4n) is 9.71. The lowest BCUT2D eigenvalue weighted by Gasteiger charge is -2.15. The molecular formula is C61H37N3O. The lowest BCUT2D eigenvalue weighted by atomic mass is 9.90. The average Bonchev–Trinajstić information content (AvgIpc) is 3.76. The van der Waals surface area contributed by atoms with E-state index in [-0.39, 0.29) is 0 Å². The van der Waals surface area contributed by atoms with Crippen LogP contribution in [0.3, 0.4) is 0 Å². The second kappa shape index (κ2) is 15.0. The number of aromatic nitrogens is 3. The molecule has 11 aromatic carbocycles. The Kier molecular flexibility index (Phi) is 8.50. The van der Waals surface area contributed by atoms with Crippen molar-refractivity contribution < 1.29 is 4.42 Å². The van der Waals surface area contributed by atoms with E-state index in [0.717, 1.165) is 82.4 Å². The van der Waals surface area contributed by atoms with Gasteiger partial charge in [0.25, 0.3) is 0 Å². The van der Waals surface area contributed by atoms with Crippen LogP contribution in [0.25, 0.3) is 133 Å². The highest BCUT2D eigenvalue weighted by atomic mass is 16.3. The Morgan fingerprint density at radius 1 is 0.262 bits per heavy atom. The van der Waals surface area contributed by atoms with Crippen molar-refractivity contribution in [1.82, 2.24) is 15.0 Å². The summed E-state index contributed by atoms with van der Waals surface area (Å²) in [5.74, 6) is 1.88. The van der Waals surface area contributed by atoms with Crippen LogP contribution in [0.1, 0.15) is 0 Å². The molecule has 0 spiro atoms. The largest absolute Gasteiger partial charge is 0.455 e. The van der Waals surface area contributed by atoms with Crippen molar-refractivity contribution in [3.8, 4) is 67.5 Å². The predicted molar refractivity (Wildman–Crippen MR) is 270 cm³/mol. The highest BCUT2D eigenvalue weighted by Gasteiger charge is 2.22. The van der Waals surface area contributed by atoms with Crippen molar-refractivity contribution in [3.63, 3.8) is 0 Å². The van der Waals surface area contributed by atoms with Crippen LogP contribution in [-0.2, 0) is 0 Å². The van der Waals surface area contributed by atoms with Crippen LogP contribution < -0.4 is 0 Å². The van der Waals surface area contributed by atoms with Crippen molar-refractivity contribution in [2.45, 2.75) is 0 Å². The van der Waals surface area contributed by atoms with Crippen LogP contribution in [0.15, 0.2) is 229 Å². The summed E-state index contributed by atoms with van der Waals surface area (Å²) in [4.78, 5) is 15.6. The van der Waals surface area contributed by atoms with Gasteiger partial charge in [-0.2, -0.15) is 0 Å². The zero-order valence-corrected chi connectivity index (χ0v) is 35.1. The number of nitrogens with zero attached hydrogens (tertiary/aromatic N) is 3. The quantitative estimate of drug-likeness (QED) is 0.157. The molecule has 0 unspecified atom stereocenters. The first kappa shape index (κ1) is 36.9. The molecule has 13 aromatic rings. The predicted octanol–water partition coefficient (Wildman–Crippen LogP) is 16.4. The lowest BCUT2D eigenvalue weighted by Crippen LogP contribution is -2.01. The Bertz CT molecular complexity index is 3990. The van der Waals surface area contributed by atoms with Gasteiger partial charge in [0, 0.05) is 33.0 Å². The second-order valence-corrected chi connectivity index (χ2v) is 16.7. The van der Waals surface area contributed by atoms with Crippen molar-refractivity contribution in [1.29, 1.82) is 0 Å². The summed E-state index contributed by atoms with van der Waals surface area (Å²) in [5.41, 5.74) is 11.3.